The summed E-state index contributed by atoms with van der Waals surface area (Å²) in [5.41, 5.74) is 0. The van der Waals surface area contributed by atoms with E-state index in [0.29, 0.717) is 19.3 Å². The minimum atomic E-state index is -0.781. The van der Waals surface area contributed by atoms with Gasteiger partial charge in [0.05, 0.1) is 0 Å². The number of hydrogen-bond acceptors (Lipinski definition) is 6. The van der Waals surface area contributed by atoms with Crippen molar-refractivity contribution in [2.45, 2.75) is 297 Å². The molecule has 0 aliphatic heterocycles. The molecule has 0 bridgehead atoms. The molecule has 0 amide bonds. The third kappa shape index (κ3) is 52.2. The second kappa shape index (κ2) is 54.0. The zero-order valence-electron chi connectivity index (χ0n) is 43.3. The molecule has 0 radical (unpaired) electrons. The monoisotopic (exact) mass is 911 g/mol. The topological polar surface area (TPSA) is 78.9 Å². The van der Waals surface area contributed by atoms with Crippen LogP contribution in [-0.4, -0.2) is 37.2 Å². The highest BCUT2D eigenvalue weighted by Crippen LogP contribution is 2.15. The lowest BCUT2D eigenvalue weighted by molar-refractivity contribution is -0.167. The summed E-state index contributed by atoms with van der Waals surface area (Å²) in [6.07, 6.45) is 65.2. The van der Waals surface area contributed by atoms with E-state index < -0.39 is 6.10 Å². The van der Waals surface area contributed by atoms with Gasteiger partial charge in [-0.3, -0.25) is 14.4 Å². The SMILES string of the molecule is CCCCCC/C=C\CCCCCCCC(=O)OCC(COC(=O)CCCCCCCCCCC/C=C\C/C=C\CCCCCCC)OC(=O)CCCCCCC/C=C\CCCCCC. The third-order valence-corrected chi connectivity index (χ3v) is 12.3. The fraction of sp³-hybridized carbons (Fsp3) is 0.814. The van der Waals surface area contributed by atoms with Gasteiger partial charge in [-0.15, -0.1) is 0 Å². The van der Waals surface area contributed by atoms with Gasteiger partial charge in [0.1, 0.15) is 13.2 Å². The second-order valence-electron chi connectivity index (χ2n) is 18.8. The van der Waals surface area contributed by atoms with E-state index in [2.05, 4.69) is 69.4 Å². The van der Waals surface area contributed by atoms with Gasteiger partial charge in [-0.25, -0.2) is 0 Å². The third-order valence-electron chi connectivity index (χ3n) is 12.3. The molecule has 0 spiro atoms. The lowest BCUT2D eigenvalue weighted by atomic mass is 10.1. The molecular formula is C59H106O6. The number of esters is 3. The van der Waals surface area contributed by atoms with Gasteiger partial charge in [0.15, 0.2) is 6.10 Å². The van der Waals surface area contributed by atoms with E-state index in [-0.39, 0.29) is 31.1 Å². The molecule has 1 unspecified atom stereocenters. The molecule has 65 heavy (non-hydrogen) atoms. The summed E-state index contributed by atoms with van der Waals surface area (Å²) in [6.45, 7) is 6.60. The van der Waals surface area contributed by atoms with Crippen LogP contribution in [0.15, 0.2) is 48.6 Å². The standard InChI is InChI=1S/C59H106O6/c1-4-7-10-13-16-19-22-25-26-27-28-29-30-31-32-35-37-40-43-46-49-52-58(61)64-55-56(65-59(62)53-50-47-44-41-38-34-24-21-18-15-12-9-6-3)54-63-57(60)51-48-45-42-39-36-33-23-20-17-14-11-8-5-2/h20-25,27-28,56H,4-19,26,29-55H2,1-3H3/b23-20-,24-21-,25-22-,28-27-. The Morgan fingerprint density at radius 2 is 0.554 bits per heavy atom. The Balaban J connectivity index is 4.32. The first kappa shape index (κ1) is 62.4. The smallest absolute Gasteiger partial charge is 0.306 e. The van der Waals surface area contributed by atoms with E-state index in [1.807, 2.05) is 0 Å². The van der Waals surface area contributed by atoms with E-state index in [4.69, 9.17) is 14.2 Å². The number of rotatable bonds is 51. The number of hydrogen-bond donors (Lipinski definition) is 0. The van der Waals surface area contributed by atoms with Crippen molar-refractivity contribution in [2.75, 3.05) is 13.2 Å². The quantitative estimate of drug-likeness (QED) is 0.0262. The number of allylic oxidation sites excluding steroid dienone is 8. The Kier molecular flexibility index (Phi) is 51.8. The lowest BCUT2D eigenvalue weighted by Crippen LogP contribution is -2.30. The van der Waals surface area contributed by atoms with E-state index in [9.17, 15) is 14.4 Å². The van der Waals surface area contributed by atoms with Gasteiger partial charge >= 0.3 is 17.9 Å². The van der Waals surface area contributed by atoms with E-state index in [0.717, 1.165) is 83.5 Å². The Bertz CT molecular complexity index is 1140. The molecule has 1 atom stereocenters. The molecule has 0 heterocycles. The minimum absolute atomic E-state index is 0.0801. The van der Waals surface area contributed by atoms with Crippen LogP contribution in [-0.2, 0) is 28.6 Å². The van der Waals surface area contributed by atoms with Crippen molar-refractivity contribution < 1.29 is 28.6 Å². The fourth-order valence-electron chi connectivity index (χ4n) is 7.99. The lowest BCUT2D eigenvalue weighted by Gasteiger charge is -2.18. The fourth-order valence-corrected chi connectivity index (χ4v) is 7.99. The maximum Gasteiger partial charge on any atom is 0.306 e. The first-order chi connectivity index (χ1) is 32.0. The Labute approximate surface area is 403 Å². The summed E-state index contributed by atoms with van der Waals surface area (Å²) < 4.78 is 16.8. The molecule has 0 aliphatic rings. The first-order valence-electron chi connectivity index (χ1n) is 28.1. The van der Waals surface area contributed by atoms with Crippen LogP contribution in [0.4, 0.5) is 0 Å². The maximum atomic E-state index is 12.8. The van der Waals surface area contributed by atoms with Gasteiger partial charge in [0.25, 0.3) is 0 Å². The molecule has 0 fully saturated rings. The normalized spacial score (nSPS) is 12.4. The van der Waals surface area contributed by atoms with Crippen LogP contribution >= 0.6 is 0 Å². The predicted molar refractivity (Wildman–Crippen MR) is 279 cm³/mol. The van der Waals surface area contributed by atoms with Crippen LogP contribution in [0.5, 0.6) is 0 Å². The van der Waals surface area contributed by atoms with Crippen LogP contribution in [0.1, 0.15) is 290 Å². The summed E-state index contributed by atoms with van der Waals surface area (Å²) in [6, 6.07) is 0. The number of unbranched alkanes of at least 4 members (excludes halogenated alkanes) is 32. The summed E-state index contributed by atoms with van der Waals surface area (Å²) in [4.78, 5) is 38.1. The van der Waals surface area contributed by atoms with Crippen molar-refractivity contribution in [3.63, 3.8) is 0 Å². The highest BCUT2D eigenvalue weighted by atomic mass is 16.6. The molecule has 0 N–H and O–H groups in total. The van der Waals surface area contributed by atoms with Crippen molar-refractivity contribution in [1.29, 1.82) is 0 Å². The van der Waals surface area contributed by atoms with Crippen LogP contribution in [0.25, 0.3) is 0 Å². The van der Waals surface area contributed by atoms with Gasteiger partial charge < -0.3 is 14.2 Å². The van der Waals surface area contributed by atoms with Gasteiger partial charge in [0, 0.05) is 19.3 Å². The Hall–Kier alpha value is -2.63. The average molecular weight is 911 g/mol. The molecule has 0 rings (SSSR count). The zero-order valence-corrected chi connectivity index (χ0v) is 43.3. The largest absolute Gasteiger partial charge is 0.462 e. The Morgan fingerprint density at radius 1 is 0.308 bits per heavy atom. The second-order valence-corrected chi connectivity index (χ2v) is 18.8. The molecule has 6 heteroatoms. The van der Waals surface area contributed by atoms with E-state index >= 15 is 0 Å². The molecule has 0 aromatic rings. The number of carbonyl (C=O) groups excluding carboxylic acids is 3. The highest BCUT2D eigenvalue weighted by molar-refractivity contribution is 5.71. The number of ether oxygens (including phenoxy) is 3. The number of carbonyl (C=O) groups is 3. The summed E-state index contributed by atoms with van der Waals surface area (Å²) in [7, 11) is 0. The highest BCUT2D eigenvalue weighted by Gasteiger charge is 2.19. The van der Waals surface area contributed by atoms with E-state index in [1.54, 1.807) is 0 Å². The molecule has 378 valence electrons. The average Bonchev–Trinajstić information content (AvgIpc) is 3.30. The summed E-state index contributed by atoms with van der Waals surface area (Å²) >= 11 is 0. The molecule has 0 aromatic carbocycles. The van der Waals surface area contributed by atoms with Crippen molar-refractivity contribution in [3.8, 4) is 0 Å². The van der Waals surface area contributed by atoms with Gasteiger partial charge in [-0.1, -0.05) is 217 Å². The van der Waals surface area contributed by atoms with Crippen LogP contribution in [0, 0.1) is 0 Å². The summed E-state index contributed by atoms with van der Waals surface area (Å²) in [5, 5.41) is 0. The van der Waals surface area contributed by atoms with Crippen molar-refractivity contribution in [3.05, 3.63) is 48.6 Å². The Morgan fingerprint density at radius 3 is 0.877 bits per heavy atom. The first-order valence-corrected chi connectivity index (χ1v) is 28.1. The predicted octanol–water partition coefficient (Wildman–Crippen LogP) is 18.7. The van der Waals surface area contributed by atoms with Crippen LogP contribution in [0.3, 0.4) is 0 Å². The summed E-state index contributed by atoms with van der Waals surface area (Å²) in [5.74, 6) is -0.892. The van der Waals surface area contributed by atoms with Crippen LogP contribution in [0.2, 0.25) is 0 Å². The molecule has 0 saturated carbocycles. The minimum Gasteiger partial charge on any atom is -0.462 e. The molecule has 6 nitrogen and oxygen atoms in total. The molecule has 0 aliphatic carbocycles. The zero-order chi connectivity index (χ0) is 47.2. The van der Waals surface area contributed by atoms with Gasteiger partial charge in [-0.05, 0) is 103 Å². The maximum absolute atomic E-state index is 12.8. The molecule has 0 aromatic heterocycles. The molecule has 0 saturated heterocycles. The van der Waals surface area contributed by atoms with Gasteiger partial charge in [0.2, 0.25) is 0 Å². The van der Waals surface area contributed by atoms with Crippen LogP contribution < -0.4 is 0 Å². The molecular weight excluding hydrogens is 805 g/mol. The van der Waals surface area contributed by atoms with Crippen molar-refractivity contribution in [1.82, 2.24) is 0 Å². The van der Waals surface area contributed by atoms with Crippen molar-refractivity contribution >= 4 is 17.9 Å². The van der Waals surface area contributed by atoms with E-state index in [1.165, 1.54) is 167 Å². The van der Waals surface area contributed by atoms with Gasteiger partial charge in [-0.2, -0.15) is 0 Å². The van der Waals surface area contributed by atoms with Crippen molar-refractivity contribution in [2.24, 2.45) is 0 Å².